The predicted molar refractivity (Wildman–Crippen MR) is 195 cm³/mol. The van der Waals surface area contributed by atoms with Gasteiger partial charge in [0.05, 0.1) is 37.1 Å². The van der Waals surface area contributed by atoms with Gasteiger partial charge in [0.2, 0.25) is 5.60 Å². The Morgan fingerprint density at radius 1 is 1.02 bits per heavy atom. The number of ether oxygens (including phenoxy) is 3. The van der Waals surface area contributed by atoms with Crippen LogP contribution in [0.2, 0.25) is 0 Å². The van der Waals surface area contributed by atoms with E-state index in [-0.39, 0.29) is 35.8 Å². The molecule has 1 fully saturated rings. The van der Waals surface area contributed by atoms with Crippen molar-refractivity contribution < 1.29 is 47.3 Å². The van der Waals surface area contributed by atoms with Gasteiger partial charge in [-0.15, -0.1) is 0 Å². The number of nitrogens with zero attached hydrogens (tertiary/aromatic N) is 5. The number of fused-ring (bicyclic) bond motifs is 1. The highest BCUT2D eigenvalue weighted by atomic mass is 31.2. The van der Waals surface area contributed by atoms with Crippen LogP contribution in [0.3, 0.4) is 0 Å². The molecule has 1 aromatic carbocycles. The maximum absolute atomic E-state index is 14.0. The number of anilines is 1. The summed E-state index contributed by atoms with van der Waals surface area (Å²) in [6.45, 7) is 1.88. The van der Waals surface area contributed by atoms with Crippen molar-refractivity contribution in [1.29, 1.82) is 10.5 Å². The molecule has 0 amide bonds. The number of nitriles is 2. The number of nitrogen functional groups attached to an aromatic ring is 1. The maximum Gasteiger partial charge on any atom is 0.474 e. The fourth-order valence-corrected chi connectivity index (χ4v) is 7.17. The number of aliphatic hydroxyl groups is 2. The van der Waals surface area contributed by atoms with Gasteiger partial charge in [0.15, 0.2) is 12.1 Å². The van der Waals surface area contributed by atoms with Gasteiger partial charge in [-0.1, -0.05) is 84.0 Å². The van der Waals surface area contributed by atoms with E-state index in [0.717, 1.165) is 38.1 Å². The van der Waals surface area contributed by atoms with Crippen molar-refractivity contribution in [1.82, 2.24) is 14.6 Å². The minimum atomic E-state index is -5.05. The van der Waals surface area contributed by atoms with Crippen molar-refractivity contribution in [3.05, 3.63) is 59.3 Å². The molecule has 2 aromatic heterocycles. The van der Waals surface area contributed by atoms with Gasteiger partial charge in [-0.3, -0.25) is 9.05 Å². The number of hydrogen-bond acceptors (Lipinski definition) is 13. The van der Waals surface area contributed by atoms with E-state index in [9.17, 15) is 34.6 Å². The first kappa shape index (κ1) is 43.2. The molecule has 1 saturated heterocycles. The van der Waals surface area contributed by atoms with Crippen molar-refractivity contribution in [3.63, 3.8) is 0 Å². The van der Waals surface area contributed by atoms with Crippen molar-refractivity contribution in [2.75, 3.05) is 25.6 Å². The largest absolute Gasteiger partial charge is 0.474 e. The van der Waals surface area contributed by atoms with E-state index in [4.69, 9.17) is 29.0 Å². The molecule has 1 unspecified atom stereocenters. The topological polar surface area (TPSA) is 228 Å². The number of nitrogens with two attached hydrogens (primary N) is 1. The molecular formula is C37H52FN6O9P. The second-order valence-electron chi connectivity index (χ2n) is 13.5. The molecule has 0 radical (unpaired) electrons. The molecule has 54 heavy (non-hydrogen) atoms. The zero-order chi connectivity index (χ0) is 39.0. The molecule has 0 saturated carbocycles. The van der Waals surface area contributed by atoms with Gasteiger partial charge in [0.1, 0.15) is 42.0 Å². The highest BCUT2D eigenvalue weighted by molar-refractivity contribution is 7.47. The molecule has 17 heteroatoms. The minimum absolute atomic E-state index is 0.0357. The van der Waals surface area contributed by atoms with E-state index in [1.165, 1.54) is 86.6 Å². The Morgan fingerprint density at radius 2 is 1.69 bits per heavy atom. The number of halogens is 1. The molecular weight excluding hydrogens is 722 g/mol. The Labute approximate surface area is 315 Å². The fraction of sp³-hybridized carbons (Fsp3) is 0.622. The molecule has 5 N–H and O–H groups in total. The molecule has 0 spiro atoms. The normalized spacial score (nSPS) is 21.5. The van der Waals surface area contributed by atoms with Crippen LogP contribution in [0, 0.1) is 28.5 Å². The highest BCUT2D eigenvalue weighted by Gasteiger charge is 2.59. The molecule has 1 aliphatic heterocycles. The molecule has 296 valence electrons. The SMILES string of the molecule is CCCCCCCCCCCCCCCOC[C@H](COP(=O)(O)O[C@H]1O[C@@](C#N)(c2ccc3c(N)ncnn23)[C@H](O)[C@@H]1O)OCc1cc(F)cc(C#N)c1. The standard InChI is InChI=1S/C37H52FN6O9P/c1-2-3-4-5-6-7-8-9-10-11-12-13-14-17-49-23-30(50-22-28-18-27(21-39)19-29(38)20-28)24-51-54(47,48)53-36-33(45)34(46)37(25-40,52-36)32-16-15-31-35(41)42-26-43-44(31)32/h15-16,18-20,26,30,33-34,36,45-46H,2-14,17,22-24H2,1H3,(H,47,48)(H2,41,42,43)/t30-,33+,34-,36-,37+/m1/s1. The molecule has 15 nitrogen and oxygen atoms in total. The lowest BCUT2D eigenvalue weighted by atomic mass is 9.93. The van der Waals surface area contributed by atoms with Crippen LogP contribution < -0.4 is 5.73 Å². The van der Waals surface area contributed by atoms with Gasteiger partial charge in [-0.05, 0) is 42.3 Å². The first-order valence-electron chi connectivity index (χ1n) is 18.6. The van der Waals surface area contributed by atoms with Gasteiger partial charge >= 0.3 is 7.82 Å². The molecule has 4 rings (SSSR count). The van der Waals surface area contributed by atoms with Crippen molar-refractivity contribution >= 4 is 19.2 Å². The zero-order valence-corrected chi connectivity index (χ0v) is 31.6. The quantitative estimate of drug-likeness (QED) is 0.0577. The van der Waals surface area contributed by atoms with E-state index in [0.29, 0.717) is 12.2 Å². The summed E-state index contributed by atoms with van der Waals surface area (Å²) < 4.78 is 56.0. The summed E-state index contributed by atoms with van der Waals surface area (Å²) in [5.74, 6) is -0.548. The number of rotatable bonds is 25. The second-order valence-corrected chi connectivity index (χ2v) is 14.9. The lowest BCUT2D eigenvalue weighted by Gasteiger charge is -2.24. The van der Waals surface area contributed by atoms with Crippen LogP contribution >= 0.6 is 7.82 Å². The first-order chi connectivity index (χ1) is 26.0. The van der Waals surface area contributed by atoms with Gasteiger partial charge in [0, 0.05) is 6.61 Å². The van der Waals surface area contributed by atoms with Gasteiger partial charge in [-0.2, -0.15) is 15.6 Å². The van der Waals surface area contributed by atoms with E-state index in [1.54, 1.807) is 0 Å². The third-order valence-corrected chi connectivity index (χ3v) is 10.2. The third-order valence-electron chi connectivity index (χ3n) is 9.28. The number of phosphoric acid groups is 1. The Hall–Kier alpha value is -3.54. The second kappa shape index (κ2) is 21.5. The zero-order valence-electron chi connectivity index (χ0n) is 30.7. The number of aliphatic hydroxyl groups excluding tert-OH is 2. The molecule has 3 heterocycles. The molecule has 1 aliphatic rings. The van der Waals surface area contributed by atoms with Gasteiger partial charge in [-0.25, -0.2) is 18.5 Å². The summed E-state index contributed by atoms with van der Waals surface area (Å²) in [4.78, 5) is 14.5. The molecule has 3 aromatic rings. The van der Waals surface area contributed by atoms with Gasteiger partial charge < -0.3 is 35.1 Å². The lowest BCUT2D eigenvalue weighted by molar-refractivity contribution is -0.145. The summed E-state index contributed by atoms with van der Waals surface area (Å²) in [5.41, 5.74) is 4.31. The minimum Gasteiger partial charge on any atom is -0.386 e. The smallest absolute Gasteiger partial charge is 0.386 e. The summed E-state index contributed by atoms with van der Waals surface area (Å²) in [5, 5.41) is 45.1. The van der Waals surface area contributed by atoms with Crippen molar-refractivity contribution in [2.45, 2.75) is 127 Å². The van der Waals surface area contributed by atoms with Crippen molar-refractivity contribution in [2.24, 2.45) is 0 Å². The summed E-state index contributed by atoms with van der Waals surface area (Å²) in [6.07, 6.45) is 9.98. The van der Waals surface area contributed by atoms with E-state index in [1.807, 2.05) is 12.1 Å². The van der Waals surface area contributed by atoms with Crippen LogP contribution in [0.5, 0.6) is 0 Å². The Bertz CT molecular complexity index is 1750. The van der Waals surface area contributed by atoms with Crippen molar-refractivity contribution in [3.8, 4) is 12.1 Å². The average molecular weight is 775 g/mol. The van der Waals surface area contributed by atoms with Crippen LogP contribution in [0.1, 0.15) is 107 Å². The summed E-state index contributed by atoms with van der Waals surface area (Å²) >= 11 is 0. The van der Waals surface area contributed by atoms with Gasteiger partial charge in [0.25, 0.3) is 0 Å². The summed E-state index contributed by atoms with van der Waals surface area (Å²) in [7, 11) is -5.05. The predicted octanol–water partition coefficient (Wildman–Crippen LogP) is 5.95. The molecule has 6 atom stereocenters. The number of benzene rings is 1. The molecule has 0 bridgehead atoms. The third kappa shape index (κ3) is 12.2. The van der Waals surface area contributed by atoms with E-state index in [2.05, 4.69) is 17.0 Å². The Kier molecular flexibility index (Phi) is 17.2. The lowest BCUT2D eigenvalue weighted by Crippen LogP contribution is -2.40. The first-order valence-corrected chi connectivity index (χ1v) is 20.1. The number of unbranched alkanes of at least 4 members (excludes halogenated alkanes) is 12. The van der Waals surface area contributed by atoms with Crippen LogP contribution in [-0.4, -0.2) is 74.1 Å². The fourth-order valence-electron chi connectivity index (χ4n) is 6.32. The Morgan fingerprint density at radius 3 is 2.33 bits per heavy atom. The number of hydrogen-bond donors (Lipinski definition) is 4. The van der Waals surface area contributed by atoms with E-state index >= 15 is 0 Å². The molecule has 0 aliphatic carbocycles. The van der Waals surface area contributed by atoms with Crippen LogP contribution in [0.25, 0.3) is 5.52 Å². The van der Waals surface area contributed by atoms with Crippen LogP contribution in [-0.2, 0) is 40.0 Å². The Balaban J connectivity index is 1.28. The monoisotopic (exact) mass is 774 g/mol. The highest BCUT2D eigenvalue weighted by Crippen LogP contribution is 2.50. The number of aromatic nitrogens is 3. The number of phosphoric ester groups is 1. The van der Waals surface area contributed by atoms with Crippen LogP contribution in [0.4, 0.5) is 10.2 Å². The average Bonchev–Trinajstić information content (AvgIpc) is 3.70. The van der Waals surface area contributed by atoms with E-state index < -0.39 is 50.4 Å². The van der Waals surface area contributed by atoms with Crippen LogP contribution in [0.15, 0.2) is 36.7 Å². The summed E-state index contributed by atoms with van der Waals surface area (Å²) in [6, 6.07) is 10.3. The maximum atomic E-state index is 14.0.